The van der Waals surface area contributed by atoms with E-state index in [0.29, 0.717) is 26.1 Å². The molecule has 7 heteroatoms. The molecular weight excluding hydrogens is 312 g/mol. The normalized spacial score (nSPS) is 29.5. The Morgan fingerprint density at radius 3 is 2.58 bits per heavy atom. The molecular formula is C17H30N2O5. The average molecular weight is 342 g/mol. The first-order valence-corrected chi connectivity index (χ1v) is 8.66. The molecule has 2 unspecified atom stereocenters. The number of alkyl carbamates (subject to hydrolysis) is 1. The molecule has 0 aromatic heterocycles. The van der Waals surface area contributed by atoms with Crippen LogP contribution in [-0.4, -0.2) is 66.6 Å². The van der Waals surface area contributed by atoms with Gasteiger partial charge in [0.15, 0.2) is 5.78 Å². The number of nitrogens with zero attached hydrogens (tertiary/aromatic N) is 1. The molecule has 138 valence electrons. The lowest BCUT2D eigenvalue weighted by molar-refractivity contribution is -0.125. The van der Waals surface area contributed by atoms with E-state index in [1.807, 2.05) is 11.9 Å². The van der Waals surface area contributed by atoms with Crippen LogP contribution in [0.15, 0.2) is 0 Å². The van der Waals surface area contributed by atoms with Gasteiger partial charge in [0.1, 0.15) is 11.8 Å². The molecule has 2 saturated heterocycles. The van der Waals surface area contributed by atoms with Gasteiger partial charge in [0.2, 0.25) is 0 Å². The van der Waals surface area contributed by atoms with Crippen molar-refractivity contribution in [2.75, 3.05) is 26.8 Å². The Labute approximate surface area is 143 Å². The maximum Gasteiger partial charge on any atom is 0.408 e. The number of nitrogens with one attached hydrogen (secondary N) is 1. The number of carbonyl (C=O) groups is 2. The largest absolute Gasteiger partial charge is 0.444 e. The van der Waals surface area contributed by atoms with E-state index in [-0.39, 0.29) is 17.6 Å². The van der Waals surface area contributed by atoms with Crippen LogP contribution in [-0.2, 0) is 14.3 Å². The molecule has 2 N–H and O–H groups in total. The smallest absolute Gasteiger partial charge is 0.408 e. The maximum absolute atomic E-state index is 12.8. The first-order valence-electron chi connectivity index (χ1n) is 8.66. The van der Waals surface area contributed by atoms with Crippen molar-refractivity contribution in [1.29, 1.82) is 0 Å². The van der Waals surface area contributed by atoms with Gasteiger partial charge in [-0.1, -0.05) is 0 Å². The van der Waals surface area contributed by atoms with Crippen LogP contribution in [0.5, 0.6) is 0 Å². The molecule has 2 aliphatic heterocycles. The minimum absolute atomic E-state index is 0.0277. The number of aliphatic hydroxyl groups excluding tert-OH is 1. The van der Waals surface area contributed by atoms with Gasteiger partial charge in [-0.25, -0.2) is 4.79 Å². The second-order valence-electron chi connectivity index (χ2n) is 7.84. The lowest BCUT2D eigenvalue weighted by Gasteiger charge is -2.27. The maximum atomic E-state index is 12.8. The fourth-order valence-corrected chi connectivity index (χ4v) is 3.29. The highest BCUT2D eigenvalue weighted by atomic mass is 16.6. The van der Waals surface area contributed by atoms with E-state index in [4.69, 9.17) is 9.47 Å². The van der Waals surface area contributed by atoms with Crippen LogP contribution < -0.4 is 5.32 Å². The van der Waals surface area contributed by atoms with Gasteiger partial charge in [0.25, 0.3) is 0 Å². The Balaban J connectivity index is 2.03. The number of aliphatic hydroxyl groups is 1. The van der Waals surface area contributed by atoms with Crippen molar-refractivity contribution < 1.29 is 24.2 Å². The number of ether oxygens (including phenoxy) is 2. The van der Waals surface area contributed by atoms with Crippen molar-refractivity contribution >= 4 is 11.9 Å². The van der Waals surface area contributed by atoms with Crippen molar-refractivity contribution in [1.82, 2.24) is 10.2 Å². The monoisotopic (exact) mass is 342 g/mol. The lowest BCUT2D eigenvalue weighted by atomic mass is 9.89. The van der Waals surface area contributed by atoms with E-state index in [1.54, 1.807) is 20.8 Å². The fraction of sp³-hybridized carbons (Fsp3) is 0.882. The highest BCUT2D eigenvalue weighted by molar-refractivity contribution is 5.89. The van der Waals surface area contributed by atoms with Gasteiger partial charge in [-0.2, -0.15) is 0 Å². The van der Waals surface area contributed by atoms with Crippen LogP contribution in [0, 0.1) is 11.8 Å². The number of likely N-dealkylation sites (tertiary alicyclic amines) is 1. The van der Waals surface area contributed by atoms with Crippen molar-refractivity contribution in [2.24, 2.45) is 11.8 Å². The van der Waals surface area contributed by atoms with E-state index in [2.05, 4.69) is 5.32 Å². The summed E-state index contributed by atoms with van der Waals surface area (Å²) < 4.78 is 10.6. The Bertz CT molecular complexity index is 456. The predicted octanol–water partition coefficient (Wildman–Crippen LogP) is 1.15. The van der Waals surface area contributed by atoms with Crippen LogP contribution in [0.2, 0.25) is 0 Å². The van der Waals surface area contributed by atoms with Gasteiger partial charge >= 0.3 is 6.09 Å². The number of ketones is 1. The zero-order valence-corrected chi connectivity index (χ0v) is 15.1. The van der Waals surface area contributed by atoms with E-state index >= 15 is 0 Å². The lowest BCUT2D eigenvalue weighted by Crippen LogP contribution is -2.47. The zero-order valence-electron chi connectivity index (χ0n) is 15.1. The van der Waals surface area contributed by atoms with Gasteiger partial charge in [0, 0.05) is 25.0 Å². The third kappa shape index (κ3) is 5.16. The fourth-order valence-electron chi connectivity index (χ4n) is 3.29. The summed E-state index contributed by atoms with van der Waals surface area (Å²) in [7, 11) is 1.85. The Morgan fingerprint density at radius 2 is 2.08 bits per heavy atom. The minimum atomic E-state index is -0.655. The van der Waals surface area contributed by atoms with Crippen LogP contribution in [0.3, 0.4) is 0 Å². The topological polar surface area (TPSA) is 88.1 Å². The zero-order chi connectivity index (χ0) is 17.9. The Hall–Kier alpha value is -1.18. The molecule has 0 radical (unpaired) electrons. The van der Waals surface area contributed by atoms with Crippen molar-refractivity contribution in [2.45, 2.75) is 57.9 Å². The molecule has 0 aromatic carbocycles. The highest BCUT2D eigenvalue weighted by Crippen LogP contribution is 2.27. The van der Waals surface area contributed by atoms with Crippen LogP contribution in [0.1, 0.15) is 40.0 Å². The van der Waals surface area contributed by atoms with Crippen LogP contribution in [0.4, 0.5) is 4.79 Å². The van der Waals surface area contributed by atoms with E-state index in [9.17, 15) is 14.7 Å². The molecule has 0 aliphatic carbocycles. The second kappa shape index (κ2) is 7.80. The third-order valence-corrected chi connectivity index (χ3v) is 4.63. The molecule has 2 heterocycles. The molecule has 0 bridgehead atoms. The van der Waals surface area contributed by atoms with Crippen molar-refractivity contribution in [3.05, 3.63) is 0 Å². The molecule has 24 heavy (non-hydrogen) atoms. The predicted molar refractivity (Wildman–Crippen MR) is 88.5 cm³/mol. The molecule has 2 aliphatic rings. The minimum Gasteiger partial charge on any atom is -0.444 e. The second-order valence-corrected chi connectivity index (χ2v) is 7.84. The average Bonchev–Trinajstić information content (AvgIpc) is 3.09. The first kappa shape index (κ1) is 19.1. The SMILES string of the molecule is CN1CCC(C[C@H](NC(=O)OC(C)(C)C)C(=O)[C@H]2CCOC2)C1O. The molecule has 0 saturated carbocycles. The summed E-state index contributed by atoms with van der Waals surface area (Å²) in [5, 5.41) is 12.9. The van der Waals surface area contributed by atoms with Gasteiger partial charge in [-0.3, -0.25) is 9.69 Å². The van der Waals surface area contributed by atoms with E-state index < -0.39 is 24.0 Å². The number of hydrogen-bond donors (Lipinski definition) is 2. The van der Waals surface area contributed by atoms with Crippen LogP contribution >= 0.6 is 0 Å². The van der Waals surface area contributed by atoms with Gasteiger partial charge < -0.3 is 19.9 Å². The summed E-state index contributed by atoms with van der Waals surface area (Å²) in [6.07, 6.45) is 0.720. The van der Waals surface area contributed by atoms with E-state index in [0.717, 1.165) is 13.0 Å². The molecule has 0 aromatic rings. The molecule has 7 nitrogen and oxygen atoms in total. The van der Waals surface area contributed by atoms with Crippen molar-refractivity contribution in [3.63, 3.8) is 0 Å². The summed E-state index contributed by atoms with van der Waals surface area (Å²) in [5.74, 6) is -0.262. The Morgan fingerprint density at radius 1 is 1.38 bits per heavy atom. The summed E-state index contributed by atoms with van der Waals surface area (Å²) in [5.41, 5.74) is -0.624. The quantitative estimate of drug-likeness (QED) is 0.779. The third-order valence-electron chi connectivity index (χ3n) is 4.63. The number of hydrogen-bond acceptors (Lipinski definition) is 6. The molecule has 0 spiro atoms. The number of carbonyl (C=O) groups excluding carboxylic acids is 2. The summed E-state index contributed by atoms with van der Waals surface area (Å²) in [4.78, 5) is 26.8. The van der Waals surface area contributed by atoms with E-state index in [1.165, 1.54) is 0 Å². The first-order chi connectivity index (χ1) is 11.2. The summed E-state index contributed by atoms with van der Waals surface area (Å²) in [6, 6.07) is -0.655. The molecule has 1 amide bonds. The number of rotatable bonds is 5. The molecule has 2 fully saturated rings. The van der Waals surface area contributed by atoms with Gasteiger partial charge in [-0.15, -0.1) is 0 Å². The van der Waals surface area contributed by atoms with Gasteiger partial charge in [-0.05, 0) is 47.1 Å². The molecule has 4 atom stereocenters. The van der Waals surface area contributed by atoms with Crippen molar-refractivity contribution in [3.8, 4) is 0 Å². The summed E-state index contributed by atoms with van der Waals surface area (Å²) in [6.45, 7) is 7.10. The number of amides is 1. The summed E-state index contributed by atoms with van der Waals surface area (Å²) >= 11 is 0. The van der Waals surface area contributed by atoms with Gasteiger partial charge in [0.05, 0.1) is 12.6 Å². The Kier molecular flexibility index (Phi) is 6.22. The molecule has 2 rings (SSSR count). The standard InChI is InChI=1S/C17H30N2O5/c1-17(2,3)24-16(22)18-13(14(20)12-6-8-23-10-12)9-11-5-7-19(4)15(11)21/h11-13,15,21H,5-10H2,1-4H3,(H,18,22)/t11?,12-,13-,15?/m0/s1. The highest BCUT2D eigenvalue weighted by Gasteiger charge is 2.37. The van der Waals surface area contributed by atoms with Crippen LogP contribution in [0.25, 0.3) is 0 Å². The number of Topliss-reactive ketones (excluding diaryl/α,β-unsaturated/α-hetero) is 1.